The predicted octanol–water partition coefficient (Wildman–Crippen LogP) is 0.317. The maximum absolute atomic E-state index is 10.8. The molecule has 0 heterocycles. The van der Waals surface area contributed by atoms with E-state index < -0.39 is 5.97 Å². The van der Waals surface area contributed by atoms with Gasteiger partial charge in [-0.25, -0.2) is 4.79 Å². The standard InChI is InChI=1S/C8H11NO3/c1-4-7(10)9(3)6-12-8(11)5-2/h4-5H,1-2,6H2,3H3. The second-order valence-corrected chi connectivity index (χ2v) is 2.04. The monoisotopic (exact) mass is 169 g/mol. The van der Waals surface area contributed by atoms with Gasteiger partial charge in [0.1, 0.15) is 0 Å². The summed E-state index contributed by atoms with van der Waals surface area (Å²) in [5.74, 6) is -0.856. The van der Waals surface area contributed by atoms with Gasteiger partial charge in [0.15, 0.2) is 6.73 Å². The van der Waals surface area contributed by atoms with Crippen LogP contribution in [0.5, 0.6) is 0 Å². The molecule has 0 aromatic carbocycles. The smallest absolute Gasteiger partial charge is 0.331 e. The van der Waals surface area contributed by atoms with Crippen LogP contribution in [0.3, 0.4) is 0 Å². The molecule has 0 saturated carbocycles. The number of nitrogens with zero attached hydrogens (tertiary/aromatic N) is 1. The molecule has 0 unspecified atom stereocenters. The van der Waals surface area contributed by atoms with Crippen LogP contribution in [0.15, 0.2) is 25.3 Å². The van der Waals surface area contributed by atoms with Crippen LogP contribution in [0.1, 0.15) is 0 Å². The highest BCUT2D eigenvalue weighted by atomic mass is 16.5. The van der Waals surface area contributed by atoms with E-state index in [1.807, 2.05) is 0 Å². The van der Waals surface area contributed by atoms with Crippen molar-refractivity contribution in [1.29, 1.82) is 0 Å². The van der Waals surface area contributed by atoms with Gasteiger partial charge in [-0.3, -0.25) is 4.79 Å². The zero-order valence-electron chi connectivity index (χ0n) is 6.95. The molecule has 0 N–H and O–H groups in total. The number of rotatable bonds is 4. The van der Waals surface area contributed by atoms with Crippen LogP contribution in [-0.2, 0) is 14.3 Å². The fourth-order valence-electron chi connectivity index (χ4n) is 0.439. The molecule has 0 rings (SSSR count). The van der Waals surface area contributed by atoms with Crippen molar-refractivity contribution in [3.63, 3.8) is 0 Å². The summed E-state index contributed by atoms with van der Waals surface area (Å²) in [5, 5.41) is 0. The summed E-state index contributed by atoms with van der Waals surface area (Å²) in [6.07, 6.45) is 2.17. The molecule has 0 atom stereocenters. The SMILES string of the molecule is C=CC(=O)OCN(C)C(=O)C=C. The van der Waals surface area contributed by atoms with Gasteiger partial charge in [-0.2, -0.15) is 0 Å². The van der Waals surface area contributed by atoms with Gasteiger partial charge in [0.2, 0.25) is 5.91 Å². The van der Waals surface area contributed by atoms with Gasteiger partial charge in [-0.1, -0.05) is 13.2 Å². The Bertz CT molecular complexity index is 210. The van der Waals surface area contributed by atoms with Gasteiger partial charge < -0.3 is 9.64 Å². The Labute approximate surface area is 71.1 Å². The summed E-state index contributed by atoms with van der Waals surface area (Å²) in [6.45, 7) is 6.39. The zero-order chi connectivity index (χ0) is 9.56. The largest absolute Gasteiger partial charge is 0.441 e. The molecule has 0 aromatic rings. The first-order chi connectivity index (χ1) is 5.61. The van der Waals surface area contributed by atoms with Crippen molar-refractivity contribution in [3.8, 4) is 0 Å². The molecule has 0 saturated heterocycles. The number of hydrogen-bond acceptors (Lipinski definition) is 3. The molecular formula is C8H11NO3. The lowest BCUT2D eigenvalue weighted by Crippen LogP contribution is -2.28. The van der Waals surface area contributed by atoms with E-state index in [1.54, 1.807) is 0 Å². The van der Waals surface area contributed by atoms with Gasteiger partial charge in [0.05, 0.1) is 0 Å². The van der Waals surface area contributed by atoms with Crippen LogP contribution < -0.4 is 0 Å². The molecule has 0 aliphatic rings. The van der Waals surface area contributed by atoms with Gasteiger partial charge >= 0.3 is 5.97 Å². The number of amides is 1. The molecular weight excluding hydrogens is 158 g/mol. The normalized spacial score (nSPS) is 8.42. The van der Waals surface area contributed by atoms with E-state index in [4.69, 9.17) is 0 Å². The van der Waals surface area contributed by atoms with Crippen molar-refractivity contribution >= 4 is 11.9 Å². The maximum Gasteiger partial charge on any atom is 0.331 e. The van der Waals surface area contributed by atoms with Gasteiger partial charge in [-0.15, -0.1) is 0 Å². The zero-order valence-corrected chi connectivity index (χ0v) is 6.95. The average Bonchev–Trinajstić information content (AvgIpc) is 2.11. The van der Waals surface area contributed by atoms with Crippen LogP contribution in [-0.4, -0.2) is 30.6 Å². The number of carbonyl (C=O) groups is 2. The number of hydrogen-bond donors (Lipinski definition) is 0. The van der Waals surface area contributed by atoms with E-state index in [0.29, 0.717) is 0 Å². The van der Waals surface area contributed by atoms with Crippen molar-refractivity contribution in [2.75, 3.05) is 13.8 Å². The van der Waals surface area contributed by atoms with Crippen molar-refractivity contribution in [2.45, 2.75) is 0 Å². The molecule has 0 aliphatic carbocycles. The lowest BCUT2D eigenvalue weighted by atomic mass is 10.5. The van der Waals surface area contributed by atoms with Crippen molar-refractivity contribution in [1.82, 2.24) is 4.90 Å². The number of esters is 1. The maximum atomic E-state index is 10.8. The van der Waals surface area contributed by atoms with E-state index in [0.717, 1.165) is 12.2 Å². The fraction of sp³-hybridized carbons (Fsp3) is 0.250. The van der Waals surface area contributed by atoms with Gasteiger partial charge in [-0.05, 0) is 6.08 Å². The van der Waals surface area contributed by atoms with Crippen LogP contribution in [0.25, 0.3) is 0 Å². The van der Waals surface area contributed by atoms with Crippen molar-refractivity contribution in [2.24, 2.45) is 0 Å². The molecule has 4 heteroatoms. The Morgan fingerprint density at radius 2 is 2.00 bits per heavy atom. The summed E-state index contributed by atoms with van der Waals surface area (Å²) >= 11 is 0. The Hall–Kier alpha value is -1.58. The highest BCUT2D eigenvalue weighted by molar-refractivity contribution is 5.87. The summed E-state index contributed by atoms with van der Waals surface area (Å²) in [4.78, 5) is 22.5. The summed E-state index contributed by atoms with van der Waals surface area (Å²) in [7, 11) is 1.50. The number of likely N-dealkylation sites (N-methyl/N-ethyl adjacent to an activating group) is 1. The molecule has 1 amide bonds. The third kappa shape index (κ3) is 3.55. The van der Waals surface area contributed by atoms with Gasteiger partial charge in [0, 0.05) is 13.1 Å². The Morgan fingerprint density at radius 1 is 1.42 bits per heavy atom. The first-order valence-corrected chi connectivity index (χ1v) is 3.28. The van der Waals surface area contributed by atoms with E-state index in [2.05, 4.69) is 17.9 Å². The minimum atomic E-state index is -0.557. The molecule has 0 fully saturated rings. The summed E-state index contributed by atoms with van der Waals surface area (Å²) in [6, 6.07) is 0. The molecule has 0 bridgehead atoms. The lowest BCUT2D eigenvalue weighted by Gasteiger charge is -2.13. The van der Waals surface area contributed by atoms with E-state index in [9.17, 15) is 9.59 Å². The lowest BCUT2D eigenvalue weighted by molar-refractivity contribution is -0.145. The molecule has 0 radical (unpaired) electrons. The Kier molecular flexibility index (Phi) is 4.45. The summed E-state index contributed by atoms with van der Waals surface area (Å²) in [5.41, 5.74) is 0. The average molecular weight is 169 g/mol. The van der Waals surface area contributed by atoms with E-state index in [-0.39, 0.29) is 12.6 Å². The predicted molar refractivity (Wildman–Crippen MR) is 44.1 cm³/mol. The topological polar surface area (TPSA) is 46.6 Å². The van der Waals surface area contributed by atoms with Gasteiger partial charge in [0.25, 0.3) is 0 Å². The van der Waals surface area contributed by atoms with Crippen LogP contribution in [0.4, 0.5) is 0 Å². The molecule has 12 heavy (non-hydrogen) atoms. The highest BCUT2D eigenvalue weighted by Crippen LogP contribution is 1.87. The first kappa shape index (κ1) is 10.4. The minimum absolute atomic E-state index is 0.0876. The Morgan fingerprint density at radius 3 is 2.42 bits per heavy atom. The second-order valence-electron chi connectivity index (χ2n) is 2.04. The van der Waals surface area contributed by atoms with Crippen LogP contribution >= 0.6 is 0 Å². The summed E-state index contributed by atoms with van der Waals surface area (Å²) < 4.78 is 4.58. The van der Waals surface area contributed by atoms with Crippen LogP contribution in [0.2, 0.25) is 0 Å². The molecule has 0 aliphatic heterocycles. The quantitative estimate of drug-likeness (QED) is 0.346. The first-order valence-electron chi connectivity index (χ1n) is 3.28. The number of ether oxygens (including phenoxy) is 1. The molecule has 0 spiro atoms. The minimum Gasteiger partial charge on any atom is -0.441 e. The second kappa shape index (κ2) is 5.12. The highest BCUT2D eigenvalue weighted by Gasteiger charge is 2.04. The molecule has 0 aromatic heterocycles. The van der Waals surface area contributed by atoms with E-state index >= 15 is 0 Å². The molecule has 66 valence electrons. The number of carbonyl (C=O) groups excluding carboxylic acids is 2. The Balaban J connectivity index is 3.78. The van der Waals surface area contributed by atoms with Crippen LogP contribution in [0, 0.1) is 0 Å². The third-order valence-corrected chi connectivity index (χ3v) is 1.12. The molecule has 4 nitrogen and oxygen atoms in total. The fourth-order valence-corrected chi connectivity index (χ4v) is 0.439. The van der Waals surface area contributed by atoms with E-state index in [1.165, 1.54) is 11.9 Å². The van der Waals surface area contributed by atoms with Crippen molar-refractivity contribution < 1.29 is 14.3 Å². The van der Waals surface area contributed by atoms with Crippen molar-refractivity contribution in [3.05, 3.63) is 25.3 Å². The third-order valence-electron chi connectivity index (χ3n) is 1.12.